The van der Waals surface area contributed by atoms with Crippen LogP contribution in [-0.4, -0.2) is 68.8 Å². The van der Waals surface area contributed by atoms with Gasteiger partial charge in [-0.05, 0) is 0 Å². The van der Waals surface area contributed by atoms with E-state index in [1.54, 1.807) is 0 Å². The van der Waals surface area contributed by atoms with Crippen LogP contribution in [0.25, 0.3) is 0 Å². The summed E-state index contributed by atoms with van der Waals surface area (Å²) in [4.78, 5) is 51.4. The predicted octanol–water partition coefficient (Wildman–Crippen LogP) is -1.51. The van der Waals surface area contributed by atoms with Gasteiger partial charge in [0.2, 0.25) is 11.8 Å². The van der Waals surface area contributed by atoms with Crippen LogP contribution >= 0.6 is 20.5 Å². The Hall–Kier alpha value is -1.17. The number of carbonyl (C=O) groups is 3. The number of thiol groups is 1. The average molecular weight is 402 g/mol. The molecule has 6 N–H and O–H groups in total. The summed E-state index contributed by atoms with van der Waals surface area (Å²) in [6.45, 7) is 1.98. The standard InChI is InChI=1S/C12H23N2O9PS/c1-12(2,6-23-24(20,21)22)9(16)10(17)13-4-3-8(15)14-7(5-25)11(18)19/h7,9,16,25H,3-6H2,1-2H3,(H,13,17)(H,14,15)(H,18,19)(H2,20,21,22)/t7?,9-/m0/s1. The van der Waals surface area contributed by atoms with Gasteiger partial charge >= 0.3 is 13.8 Å². The molecular weight excluding hydrogens is 379 g/mol. The van der Waals surface area contributed by atoms with Crippen molar-refractivity contribution in [2.24, 2.45) is 5.41 Å². The molecule has 0 fully saturated rings. The number of amides is 2. The summed E-state index contributed by atoms with van der Waals surface area (Å²) in [6.07, 6.45) is -1.87. The lowest BCUT2D eigenvalue weighted by molar-refractivity contribution is -0.141. The van der Waals surface area contributed by atoms with Gasteiger partial charge in [-0.1, -0.05) is 13.8 Å². The van der Waals surface area contributed by atoms with Gasteiger partial charge < -0.3 is 30.6 Å². The van der Waals surface area contributed by atoms with E-state index in [0.717, 1.165) is 0 Å². The number of aliphatic hydroxyl groups is 1. The fraction of sp³-hybridized carbons (Fsp3) is 0.750. The van der Waals surface area contributed by atoms with E-state index in [1.165, 1.54) is 13.8 Å². The first-order chi connectivity index (χ1) is 11.3. The third kappa shape index (κ3) is 9.78. The van der Waals surface area contributed by atoms with Crippen molar-refractivity contribution in [3.05, 3.63) is 0 Å². The Morgan fingerprint density at radius 2 is 1.84 bits per heavy atom. The van der Waals surface area contributed by atoms with E-state index in [1.807, 2.05) is 0 Å². The number of carboxylic acid groups (broad SMARTS) is 1. The molecule has 0 rings (SSSR count). The SMILES string of the molecule is CC(C)(COP(=O)(O)O)[C@@H](O)C(=O)NCCC(=O)NC(CS)C(=O)O. The lowest BCUT2D eigenvalue weighted by atomic mass is 9.87. The van der Waals surface area contributed by atoms with Crippen LogP contribution in [0.4, 0.5) is 0 Å². The van der Waals surface area contributed by atoms with Crippen LogP contribution < -0.4 is 10.6 Å². The number of aliphatic carboxylic acids is 1. The fourth-order valence-corrected chi connectivity index (χ4v) is 2.28. The molecule has 2 atom stereocenters. The van der Waals surface area contributed by atoms with Crippen molar-refractivity contribution in [1.82, 2.24) is 10.6 Å². The highest BCUT2D eigenvalue weighted by Gasteiger charge is 2.35. The molecule has 0 radical (unpaired) electrons. The molecule has 13 heteroatoms. The van der Waals surface area contributed by atoms with E-state index >= 15 is 0 Å². The molecule has 0 aromatic rings. The van der Waals surface area contributed by atoms with Crippen LogP contribution in [0.3, 0.4) is 0 Å². The highest BCUT2D eigenvalue weighted by Crippen LogP contribution is 2.38. The summed E-state index contributed by atoms with van der Waals surface area (Å²) in [5.41, 5.74) is -1.30. The van der Waals surface area contributed by atoms with Crippen molar-refractivity contribution < 1.29 is 43.5 Å². The Bertz CT molecular complexity index is 537. The summed E-state index contributed by atoms with van der Waals surface area (Å²) in [6, 6.07) is -1.15. The van der Waals surface area contributed by atoms with Crippen molar-refractivity contribution >= 4 is 38.2 Å². The average Bonchev–Trinajstić information content (AvgIpc) is 2.48. The second-order valence-corrected chi connectivity index (χ2v) is 7.44. The second kappa shape index (κ2) is 10.1. The molecule has 2 amide bonds. The number of rotatable bonds is 11. The van der Waals surface area contributed by atoms with Crippen LogP contribution in [0.5, 0.6) is 0 Å². The summed E-state index contributed by atoms with van der Waals surface area (Å²) in [7, 11) is -4.74. The molecule has 0 saturated heterocycles. The van der Waals surface area contributed by atoms with Crippen molar-refractivity contribution in [2.75, 3.05) is 18.9 Å². The molecule has 0 aliphatic rings. The topological polar surface area (TPSA) is 182 Å². The maximum atomic E-state index is 11.8. The molecule has 0 aliphatic carbocycles. The molecule has 0 saturated carbocycles. The Morgan fingerprint density at radius 1 is 1.28 bits per heavy atom. The minimum atomic E-state index is -4.74. The third-order valence-electron chi connectivity index (χ3n) is 3.06. The van der Waals surface area contributed by atoms with E-state index in [0.29, 0.717) is 0 Å². The smallest absolute Gasteiger partial charge is 0.469 e. The first-order valence-corrected chi connectivity index (χ1v) is 9.25. The Labute approximate surface area is 149 Å². The highest BCUT2D eigenvalue weighted by molar-refractivity contribution is 7.80. The molecule has 0 bridgehead atoms. The van der Waals surface area contributed by atoms with Crippen molar-refractivity contribution in [1.29, 1.82) is 0 Å². The van der Waals surface area contributed by atoms with Gasteiger partial charge in [0.1, 0.15) is 12.1 Å². The van der Waals surface area contributed by atoms with Crippen LogP contribution in [0.2, 0.25) is 0 Å². The summed E-state index contributed by atoms with van der Waals surface area (Å²) in [5.74, 6) is -2.83. The van der Waals surface area contributed by atoms with Gasteiger partial charge in [-0.25, -0.2) is 9.36 Å². The molecule has 0 aromatic heterocycles. The second-order valence-electron chi connectivity index (χ2n) is 5.84. The fourth-order valence-electron chi connectivity index (χ4n) is 1.53. The summed E-state index contributed by atoms with van der Waals surface area (Å²) >= 11 is 3.79. The zero-order valence-electron chi connectivity index (χ0n) is 13.7. The molecule has 11 nitrogen and oxygen atoms in total. The number of nitrogens with one attached hydrogen (secondary N) is 2. The third-order valence-corrected chi connectivity index (χ3v) is 3.89. The Morgan fingerprint density at radius 3 is 2.28 bits per heavy atom. The van der Waals surface area contributed by atoms with Crippen LogP contribution in [0, 0.1) is 5.41 Å². The van der Waals surface area contributed by atoms with Gasteiger partial charge in [0, 0.05) is 24.1 Å². The summed E-state index contributed by atoms with van der Waals surface area (Å²) < 4.78 is 15.0. The van der Waals surface area contributed by atoms with Gasteiger partial charge in [-0.2, -0.15) is 12.6 Å². The van der Waals surface area contributed by atoms with Gasteiger partial charge in [-0.3, -0.25) is 14.1 Å². The van der Waals surface area contributed by atoms with Crippen LogP contribution in [0.1, 0.15) is 20.3 Å². The maximum Gasteiger partial charge on any atom is 0.469 e. The van der Waals surface area contributed by atoms with Crippen molar-refractivity contribution in [3.63, 3.8) is 0 Å². The van der Waals surface area contributed by atoms with E-state index < -0.39 is 49.8 Å². The van der Waals surface area contributed by atoms with Crippen LogP contribution in [0.15, 0.2) is 0 Å². The van der Waals surface area contributed by atoms with Gasteiger partial charge in [0.25, 0.3) is 0 Å². The number of aliphatic hydroxyl groups excluding tert-OH is 1. The number of phosphoric ester groups is 1. The minimum absolute atomic E-state index is 0.0973. The number of hydrogen-bond acceptors (Lipinski definition) is 7. The highest BCUT2D eigenvalue weighted by atomic mass is 32.1. The van der Waals surface area contributed by atoms with E-state index in [2.05, 4.69) is 27.8 Å². The number of carbonyl (C=O) groups excluding carboxylic acids is 2. The van der Waals surface area contributed by atoms with Gasteiger partial charge in [-0.15, -0.1) is 0 Å². The molecule has 25 heavy (non-hydrogen) atoms. The molecule has 1 unspecified atom stereocenters. The molecular formula is C12H23N2O9PS. The lowest BCUT2D eigenvalue weighted by Crippen LogP contribution is -2.47. The molecule has 0 heterocycles. The molecule has 0 aliphatic heterocycles. The Kier molecular flexibility index (Phi) is 9.62. The van der Waals surface area contributed by atoms with Gasteiger partial charge in [0.05, 0.1) is 6.61 Å². The minimum Gasteiger partial charge on any atom is -0.480 e. The number of carboxylic acids is 1. The normalized spacial score (nSPS) is 14.5. The Balaban J connectivity index is 4.38. The molecule has 0 aromatic carbocycles. The molecule has 0 spiro atoms. The summed E-state index contributed by atoms with van der Waals surface area (Å²) in [5, 5.41) is 23.2. The zero-order valence-corrected chi connectivity index (χ0v) is 15.5. The zero-order chi connectivity index (χ0) is 19.8. The lowest BCUT2D eigenvalue weighted by Gasteiger charge is -2.29. The predicted molar refractivity (Wildman–Crippen MR) is 88.8 cm³/mol. The van der Waals surface area contributed by atoms with E-state index in [4.69, 9.17) is 14.9 Å². The first kappa shape index (κ1) is 23.8. The number of hydrogen-bond donors (Lipinski definition) is 7. The maximum absolute atomic E-state index is 11.8. The number of phosphoric acid groups is 1. The van der Waals surface area contributed by atoms with Crippen molar-refractivity contribution in [2.45, 2.75) is 32.4 Å². The quantitative estimate of drug-likeness (QED) is 0.159. The van der Waals surface area contributed by atoms with Crippen molar-refractivity contribution in [3.8, 4) is 0 Å². The van der Waals surface area contributed by atoms with Crippen LogP contribution in [-0.2, 0) is 23.5 Å². The largest absolute Gasteiger partial charge is 0.480 e. The monoisotopic (exact) mass is 402 g/mol. The van der Waals surface area contributed by atoms with Gasteiger partial charge in [0.15, 0.2) is 0 Å². The molecule has 146 valence electrons. The van der Waals surface area contributed by atoms with E-state index in [-0.39, 0.29) is 18.7 Å². The van der Waals surface area contributed by atoms with E-state index in [9.17, 15) is 24.1 Å². The first-order valence-electron chi connectivity index (χ1n) is 7.09.